The van der Waals surface area contributed by atoms with Crippen molar-refractivity contribution in [3.05, 3.63) is 45.5 Å². The van der Waals surface area contributed by atoms with E-state index in [0.29, 0.717) is 17.9 Å². The first-order valence-corrected chi connectivity index (χ1v) is 10.2. The fraction of sp³-hybridized carbons (Fsp3) is 0.455. The fourth-order valence-electron chi connectivity index (χ4n) is 3.89. The monoisotopic (exact) mass is 432 g/mol. The van der Waals surface area contributed by atoms with Crippen LogP contribution in [-0.2, 0) is 11.3 Å². The minimum Gasteiger partial charge on any atom is -0.502 e. The van der Waals surface area contributed by atoms with Crippen LogP contribution in [-0.4, -0.2) is 48.3 Å². The molecular weight excluding hydrogens is 404 g/mol. The molecule has 9 nitrogen and oxygen atoms in total. The zero-order chi connectivity index (χ0) is 22.5. The number of nitrogens with zero attached hydrogens (tertiary/aromatic N) is 1. The van der Waals surface area contributed by atoms with Crippen molar-refractivity contribution in [1.29, 1.82) is 0 Å². The van der Waals surface area contributed by atoms with E-state index in [2.05, 4.69) is 4.90 Å². The predicted molar refractivity (Wildman–Crippen MR) is 113 cm³/mol. The Labute approximate surface area is 180 Å². The molecule has 1 aromatic carbocycles. The molecule has 2 aromatic rings. The van der Waals surface area contributed by atoms with Crippen molar-refractivity contribution >= 4 is 5.91 Å². The highest BCUT2D eigenvalue weighted by molar-refractivity contribution is 5.75. The first-order chi connectivity index (χ1) is 14.8. The van der Waals surface area contributed by atoms with Gasteiger partial charge in [-0.3, -0.25) is 14.5 Å². The molecule has 1 atom stereocenters. The molecule has 1 aliphatic heterocycles. The highest BCUT2D eigenvalue weighted by Gasteiger charge is 2.28. The summed E-state index contributed by atoms with van der Waals surface area (Å²) in [5.74, 6) is -1.78. The van der Waals surface area contributed by atoms with Crippen molar-refractivity contribution in [3.63, 3.8) is 0 Å². The number of hydrogen-bond donors (Lipinski definition) is 3. The summed E-state index contributed by atoms with van der Waals surface area (Å²) < 4.78 is 16.3. The molecule has 2 heterocycles. The zero-order valence-corrected chi connectivity index (χ0v) is 17.7. The van der Waals surface area contributed by atoms with Crippen LogP contribution in [0.3, 0.4) is 0 Å². The van der Waals surface area contributed by atoms with Gasteiger partial charge in [0.05, 0.1) is 26.7 Å². The van der Waals surface area contributed by atoms with Gasteiger partial charge in [0.15, 0.2) is 17.3 Å². The van der Waals surface area contributed by atoms with Crippen LogP contribution in [0.5, 0.6) is 23.0 Å². The number of hydrogen-bond acceptors (Lipinski definition) is 8. The minimum absolute atomic E-state index is 0.0619. The summed E-state index contributed by atoms with van der Waals surface area (Å²) in [6.07, 6.45) is 3.09. The number of primary amides is 1. The number of carbonyl (C=O) groups excluding carboxylic acids is 1. The number of likely N-dealkylation sites (tertiary alicyclic amines) is 1. The summed E-state index contributed by atoms with van der Waals surface area (Å²) in [5, 5.41) is 20.7. The second-order valence-corrected chi connectivity index (χ2v) is 7.62. The van der Waals surface area contributed by atoms with Gasteiger partial charge in [-0.05, 0) is 43.6 Å². The minimum atomic E-state index is -0.880. The Hall–Kier alpha value is -3.20. The second-order valence-electron chi connectivity index (χ2n) is 7.62. The molecule has 0 spiro atoms. The SMILES string of the molecule is COc1cc([C@@H](CC(N)=O)c2oc(CN3CCCCC3)cc(=O)c2O)cc(OC)c1O. The van der Waals surface area contributed by atoms with Gasteiger partial charge < -0.3 is 29.8 Å². The summed E-state index contributed by atoms with van der Waals surface area (Å²) in [6, 6.07) is 4.25. The van der Waals surface area contributed by atoms with Gasteiger partial charge in [-0.2, -0.15) is 0 Å². The smallest absolute Gasteiger partial charge is 0.227 e. The maximum atomic E-state index is 12.5. The lowest BCUT2D eigenvalue weighted by Gasteiger charge is -2.26. The number of ether oxygens (including phenoxy) is 2. The number of benzene rings is 1. The molecule has 4 N–H and O–H groups in total. The summed E-state index contributed by atoms with van der Waals surface area (Å²) in [4.78, 5) is 26.5. The van der Waals surface area contributed by atoms with Crippen molar-refractivity contribution in [3.8, 4) is 23.0 Å². The molecule has 0 bridgehead atoms. The average molecular weight is 432 g/mol. The number of piperidine rings is 1. The molecule has 1 aliphatic rings. The zero-order valence-electron chi connectivity index (χ0n) is 17.7. The number of phenols is 1. The van der Waals surface area contributed by atoms with Gasteiger partial charge in [-0.1, -0.05) is 6.42 Å². The van der Waals surface area contributed by atoms with Crippen molar-refractivity contribution in [1.82, 2.24) is 4.90 Å². The molecule has 0 saturated carbocycles. The molecule has 168 valence electrons. The molecule has 0 aliphatic carbocycles. The van der Waals surface area contributed by atoms with Crippen LogP contribution < -0.4 is 20.6 Å². The van der Waals surface area contributed by atoms with Crippen molar-refractivity contribution < 1.29 is 28.9 Å². The number of phenolic OH excluding ortho intramolecular Hbond substituents is 1. The molecule has 1 aromatic heterocycles. The molecule has 1 fully saturated rings. The Balaban J connectivity index is 2.08. The summed E-state index contributed by atoms with van der Waals surface area (Å²) in [6.45, 7) is 2.22. The van der Waals surface area contributed by atoms with E-state index in [1.807, 2.05) is 0 Å². The molecule has 0 radical (unpaired) electrons. The number of amides is 1. The lowest BCUT2D eigenvalue weighted by atomic mass is 9.91. The maximum absolute atomic E-state index is 12.5. The molecule has 1 amide bonds. The Morgan fingerprint density at radius 2 is 1.71 bits per heavy atom. The summed E-state index contributed by atoms with van der Waals surface area (Å²) in [7, 11) is 2.75. The largest absolute Gasteiger partial charge is 0.502 e. The number of methoxy groups -OCH3 is 2. The van der Waals surface area contributed by atoms with E-state index in [4.69, 9.17) is 19.6 Å². The van der Waals surface area contributed by atoms with E-state index < -0.39 is 23.0 Å². The fourth-order valence-corrected chi connectivity index (χ4v) is 3.89. The molecule has 0 unspecified atom stereocenters. The molecule has 31 heavy (non-hydrogen) atoms. The highest BCUT2D eigenvalue weighted by atomic mass is 16.5. The third-order valence-corrected chi connectivity index (χ3v) is 5.45. The van der Waals surface area contributed by atoms with Crippen molar-refractivity contribution in [2.24, 2.45) is 5.73 Å². The van der Waals surface area contributed by atoms with Gasteiger partial charge in [-0.15, -0.1) is 0 Å². The predicted octanol–water partition coefficient (Wildman–Crippen LogP) is 2.06. The van der Waals surface area contributed by atoms with Gasteiger partial charge in [0.25, 0.3) is 0 Å². The van der Waals surface area contributed by atoms with E-state index >= 15 is 0 Å². The van der Waals surface area contributed by atoms with Crippen LogP contribution in [0.15, 0.2) is 27.4 Å². The molecule has 1 saturated heterocycles. The van der Waals surface area contributed by atoms with E-state index in [-0.39, 0.29) is 29.4 Å². The van der Waals surface area contributed by atoms with Crippen LogP contribution >= 0.6 is 0 Å². The lowest BCUT2D eigenvalue weighted by molar-refractivity contribution is -0.118. The van der Waals surface area contributed by atoms with E-state index in [1.165, 1.54) is 38.8 Å². The van der Waals surface area contributed by atoms with Crippen LogP contribution in [0.25, 0.3) is 0 Å². The number of aromatic hydroxyl groups is 2. The van der Waals surface area contributed by atoms with Crippen LogP contribution in [0.2, 0.25) is 0 Å². The Kier molecular flexibility index (Phi) is 7.06. The third-order valence-electron chi connectivity index (χ3n) is 5.45. The topological polar surface area (TPSA) is 135 Å². The maximum Gasteiger partial charge on any atom is 0.227 e. The Morgan fingerprint density at radius 1 is 1.10 bits per heavy atom. The first-order valence-electron chi connectivity index (χ1n) is 10.2. The normalized spacial score (nSPS) is 15.4. The van der Waals surface area contributed by atoms with Gasteiger partial charge >= 0.3 is 0 Å². The van der Waals surface area contributed by atoms with Crippen molar-refractivity contribution in [2.75, 3.05) is 27.3 Å². The standard InChI is InChI=1S/C22H28N2O7/c1-29-17-8-13(9-18(30-2)21(17)28)15(11-19(23)26)22-20(27)16(25)10-14(31-22)12-24-6-4-3-5-7-24/h8-10,15,27-28H,3-7,11-12H2,1-2H3,(H2,23,26)/t15-/m1/s1. The first kappa shape index (κ1) is 22.5. The Morgan fingerprint density at radius 3 is 2.26 bits per heavy atom. The number of carbonyl (C=O) groups is 1. The summed E-state index contributed by atoms with van der Waals surface area (Å²) in [5.41, 5.74) is 5.29. The van der Waals surface area contributed by atoms with Gasteiger partial charge in [-0.25, -0.2) is 0 Å². The summed E-state index contributed by atoms with van der Waals surface area (Å²) >= 11 is 0. The highest BCUT2D eigenvalue weighted by Crippen LogP contribution is 2.42. The molecule has 3 rings (SSSR count). The molecule has 9 heteroatoms. The van der Waals surface area contributed by atoms with E-state index in [9.17, 15) is 19.8 Å². The van der Waals surface area contributed by atoms with Crippen LogP contribution in [0.4, 0.5) is 0 Å². The second kappa shape index (κ2) is 9.74. The number of nitrogens with two attached hydrogens (primary N) is 1. The number of rotatable bonds is 8. The van der Waals surface area contributed by atoms with E-state index in [1.54, 1.807) is 0 Å². The lowest BCUT2D eigenvalue weighted by Crippen LogP contribution is -2.29. The quantitative estimate of drug-likeness (QED) is 0.577. The van der Waals surface area contributed by atoms with Crippen LogP contribution in [0.1, 0.15) is 48.7 Å². The van der Waals surface area contributed by atoms with Crippen molar-refractivity contribution in [2.45, 2.75) is 38.1 Å². The average Bonchev–Trinajstić information content (AvgIpc) is 2.75. The van der Waals surface area contributed by atoms with Gasteiger partial charge in [0, 0.05) is 12.5 Å². The van der Waals surface area contributed by atoms with Gasteiger partial charge in [0.1, 0.15) is 5.76 Å². The van der Waals surface area contributed by atoms with E-state index in [0.717, 1.165) is 25.9 Å². The molecular formula is C22H28N2O7. The Bertz CT molecular complexity index is 971. The van der Waals surface area contributed by atoms with Crippen LogP contribution in [0, 0.1) is 0 Å². The third kappa shape index (κ3) is 5.11. The van der Waals surface area contributed by atoms with Gasteiger partial charge in [0.2, 0.25) is 22.8 Å².